The molecular weight excluding hydrogens is 382 g/mol. The van der Waals surface area contributed by atoms with E-state index in [4.69, 9.17) is 11.6 Å². The zero-order valence-corrected chi connectivity index (χ0v) is 16.0. The molecule has 1 aromatic heterocycles. The molecule has 0 spiro atoms. The Balaban J connectivity index is 1.56. The largest absolute Gasteiger partial charge is 0.340 e. The van der Waals surface area contributed by atoms with Crippen LogP contribution in [-0.4, -0.2) is 19.9 Å². The van der Waals surface area contributed by atoms with Crippen LogP contribution in [0, 0.1) is 0 Å². The molecule has 7 heteroatoms. The third kappa shape index (κ3) is 3.77. The molecule has 0 bridgehead atoms. The second-order valence-electron chi connectivity index (χ2n) is 6.34. The molecule has 5 nitrogen and oxygen atoms in total. The Hall–Kier alpha value is -2.57. The molecule has 0 unspecified atom stereocenters. The minimum absolute atomic E-state index is 0.141. The molecule has 0 radical (unpaired) electrons. The van der Waals surface area contributed by atoms with Gasteiger partial charge in [0.1, 0.15) is 5.82 Å². The number of hydrogen-bond acceptors (Lipinski definition) is 4. The Kier molecular flexibility index (Phi) is 4.76. The Morgan fingerprint density at radius 1 is 1.00 bits per heavy atom. The van der Waals surface area contributed by atoms with Crippen LogP contribution in [0.2, 0.25) is 5.02 Å². The fourth-order valence-corrected chi connectivity index (χ4v) is 4.35. The smallest absolute Gasteiger partial charge is 0.263 e. The van der Waals surface area contributed by atoms with E-state index in [1.807, 2.05) is 12.1 Å². The molecule has 27 heavy (non-hydrogen) atoms. The predicted molar refractivity (Wildman–Crippen MR) is 108 cm³/mol. The van der Waals surface area contributed by atoms with Crippen LogP contribution < -0.4 is 9.62 Å². The van der Waals surface area contributed by atoms with Crippen LogP contribution in [0.25, 0.3) is 0 Å². The van der Waals surface area contributed by atoms with Gasteiger partial charge in [-0.2, -0.15) is 0 Å². The minimum Gasteiger partial charge on any atom is -0.340 e. The lowest BCUT2D eigenvalue weighted by Crippen LogP contribution is -2.24. The summed E-state index contributed by atoms with van der Waals surface area (Å²) in [6, 6.07) is 17.9. The van der Waals surface area contributed by atoms with E-state index in [9.17, 15) is 8.42 Å². The van der Waals surface area contributed by atoms with Crippen molar-refractivity contribution >= 4 is 38.8 Å². The molecule has 1 N–H and O–H groups in total. The van der Waals surface area contributed by atoms with Gasteiger partial charge in [-0.25, -0.2) is 13.4 Å². The first-order valence-corrected chi connectivity index (χ1v) is 10.5. The van der Waals surface area contributed by atoms with Crippen LogP contribution in [0.3, 0.4) is 0 Å². The lowest BCUT2D eigenvalue weighted by Gasteiger charge is -2.31. The fraction of sp³-hybridized carbons (Fsp3) is 0.150. The van der Waals surface area contributed by atoms with Crippen molar-refractivity contribution in [2.24, 2.45) is 0 Å². The lowest BCUT2D eigenvalue weighted by atomic mass is 10.0. The summed E-state index contributed by atoms with van der Waals surface area (Å²) in [4.78, 5) is 6.65. The van der Waals surface area contributed by atoms with E-state index in [0.717, 1.165) is 25.1 Å². The van der Waals surface area contributed by atoms with Gasteiger partial charge in [0.25, 0.3) is 10.0 Å². The van der Waals surface area contributed by atoms with Crippen molar-refractivity contribution in [3.05, 3.63) is 77.4 Å². The maximum absolute atomic E-state index is 12.5. The minimum atomic E-state index is -3.70. The number of nitrogens with zero attached hydrogens (tertiary/aromatic N) is 2. The molecule has 138 valence electrons. The van der Waals surface area contributed by atoms with Crippen molar-refractivity contribution in [3.8, 4) is 0 Å². The molecule has 0 aliphatic carbocycles. The summed E-state index contributed by atoms with van der Waals surface area (Å²) in [5.41, 5.74) is 3.44. The second kappa shape index (κ2) is 7.21. The SMILES string of the molecule is O=S(=O)(Nc1ccc(N2CCCc3ccccc32)cn1)c1ccc(Cl)cc1. The van der Waals surface area contributed by atoms with E-state index in [0.29, 0.717) is 5.02 Å². The monoisotopic (exact) mass is 399 g/mol. The molecule has 4 rings (SSSR count). The number of pyridine rings is 1. The van der Waals surface area contributed by atoms with Gasteiger partial charge in [-0.15, -0.1) is 0 Å². The molecule has 0 fully saturated rings. The van der Waals surface area contributed by atoms with Crippen molar-refractivity contribution in [1.82, 2.24) is 4.98 Å². The molecule has 0 saturated carbocycles. The molecule has 1 aliphatic heterocycles. The molecule has 1 aliphatic rings. The number of anilines is 3. The summed E-state index contributed by atoms with van der Waals surface area (Å²) in [6.45, 7) is 0.911. The maximum Gasteiger partial charge on any atom is 0.263 e. The van der Waals surface area contributed by atoms with Gasteiger partial charge >= 0.3 is 0 Å². The van der Waals surface area contributed by atoms with Gasteiger partial charge in [-0.05, 0) is 60.9 Å². The van der Waals surface area contributed by atoms with E-state index < -0.39 is 10.0 Å². The van der Waals surface area contributed by atoms with Gasteiger partial charge < -0.3 is 4.90 Å². The molecular formula is C20H18ClN3O2S. The van der Waals surface area contributed by atoms with Gasteiger partial charge in [-0.1, -0.05) is 29.8 Å². The average molecular weight is 400 g/mol. The summed E-state index contributed by atoms with van der Waals surface area (Å²) < 4.78 is 27.4. The first-order chi connectivity index (χ1) is 13.0. The van der Waals surface area contributed by atoms with Crippen molar-refractivity contribution in [3.63, 3.8) is 0 Å². The molecule has 3 aromatic rings. The third-order valence-corrected chi connectivity index (χ3v) is 6.16. The first-order valence-electron chi connectivity index (χ1n) is 8.63. The van der Waals surface area contributed by atoms with Gasteiger partial charge in [0.2, 0.25) is 0 Å². The summed E-state index contributed by atoms with van der Waals surface area (Å²) >= 11 is 5.82. The van der Waals surface area contributed by atoms with Gasteiger partial charge in [-0.3, -0.25) is 4.72 Å². The van der Waals surface area contributed by atoms with E-state index in [2.05, 4.69) is 32.8 Å². The van der Waals surface area contributed by atoms with E-state index in [1.54, 1.807) is 24.4 Å². The third-order valence-electron chi connectivity index (χ3n) is 4.53. The second-order valence-corrected chi connectivity index (χ2v) is 8.46. The van der Waals surface area contributed by atoms with Gasteiger partial charge in [0.05, 0.1) is 16.8 Å². The normalized spacial score (nSPS) is 13.9. The number of para-hydroxylation sites is 1. The highest BCUT2D eigenvalue weighted by molar-refractivity contribution is 7.92. The number of aromatic nitrogens is 1. The Bertz CT molecular complexity index is 1050. The Morgan fingerprint density at radius 3 is 2.52 bits per heavy atom. The van der Waals surface area contributed by atoms with E-state index >= 15 is 0 Å². The summed E-state index contributed by atoms with van der Waals surface area (Å²) in [5.74, 6) is 0.277. The van der Waals surface area contributed by atoms with E-state index in [-0.39, 0.29) is 10.7 Å². The van der Waals surface area contributed by atoms with Crippen molar-refractivity contribution in [1.29, 1.82) is 0 Å². The number of rotatable bonds is 4. The highest BCUT2D eigenvalue weighted by Crippen LogP contribution is 2.33. The number of sulfonamides is 1. The molecule has 0 amide bonds. The average Bonchev–Trinajstić information content (AvgIpc) is 2.68. The van der Waals surface area contributed by atoms with Crippen LogP contribution >= 0.6 is 11.6 Å². The number of aryl methyl sites for hydroxylation is 1. The number of hydrogen-bond donors (Lipinski definition) is 1. The number of fused-ring (bicyclic) bond motifs is 1. The van der Waals surface area contributed by atoms with Crippen LogP contribution in [-0.2, 0) is 16.4 Å². The summed E-state index contributed by atoms with van der Waals surface area (Å²) in [5, 5.41) is 0.484. The van der Waals surface area contributed by atoms with Crippen molar-refractivity contribution in [2.75, 3.05) is 16.2 Å². The van der Waals surface area contributed by atoms with Crippen LogP contribution in [0.1, 0.15) is 12.0 Å². The first kappa shape index (κ1) is 17.8. The molecule has 0 saturated heterocycles. The number of benzene rings is 2. The van der Waals surface area contributed by atoms with Crippen LogP contribution in [0.5, 0.6) is 0 Å². The van der Waals surface area contributed by atoms with Crippen molar-refractivity contribution < 1.29 is 8.42 Å². The lowest BCUT2D eigenvalue weighted by molar-refractivity contribution is 0.601. The number of nitrogens with one attached hydrogen (secondary N) is 1. The molecule has 2 aromatic carbocycles. The highest BCUT2D eigenvalue weighted by Gasteiger charge is 2.19. The Morgan fingerprint density at radius 2 is 1.78 bits per heavy atom. The topological polar surface area (TPSA) is 62.3 Å². The van der Waals surface area contributed by atoms with Crippen LogP contribution in [0.4, 0.5) is 17.2 Å². The maximum atomic E-state index is 12.5. The standard InChI is InChI=1S/C20H18ClN3O2S/c21-16-7-10-18(11-8-16)27(25,26)23-20-12-9-17(14-22-20)24-13-3-5-15-4-1-2-6-19(15)24/h1-2,4,6-12,14H,3,5,13H2,(H,22,23). The van der Waals surface area contributed by atoms with Gasteiger partial charge in [0.15, 0.2) is 0 Å². The highest BCUT2D eigenvalue weighted by atomic mass is 35.5. The number of halogens is 1. The van der Waals surface area contributed by atoms with E-state index in [1.165, 1.54) is 23.4 Å². The fourth-order valence-electron chi connectivity index (χ4n) is 3.22. The van der Waals surface area contributed by atoms with Crippen molar-refractivity contribution in [2.45, 2.75) is 17.7 Å². The predicted octanol–water partition coefficient (Wildman–Crippen LogP) is 4.62. The zero-order chi connectivity index (χ0) is 18.9. The summed E-state index contributed by atoms with van der Waals surface area (Å²) in [6.07, 6.45) is 3.84. The summed E-state index contributed by atoms with van der Waals surface area (Å²) in [7, 11) is -3.70. The Labute approximate surface area is 163 Å². The van der Waals surface area contributed by atoms with Crippen LogP contribution in [0.15, 0.2) is 71.8 Å². The molecule has 2 heterocycles. The van der Waals surface area contributed by atoms with Gasteiger partial charge in [0, 0.05) is 17.3 Å². The zero-order valence-electron chi connectivity index (χ0n) is 14.5. The quantitative estimate of drug-likeness (QED) is 0.695. The molecule has 0 atom stereocenters.